The van der Waals surface area contributed by atoms with Gasteiger partial charge in [0.2, 0.25) is 0 Å². The molecule has 0 saturated heterocycles. The summed E-state index contributed by atoms with van der Waals surface area (Å²) in [4.78, 5) is 4.36. The Kier molecular flexibility index (Phi) is 3.63. The summed E-state index contributed by atoms with van der Waals surface area (Å²) in [6.45, 7) is 6.11. The quantitative estimate of drug-likeness (QED) is 0.925. The van der Waals surface area contributed by atoms with Crippen LogP contribution in [0.3, 0.4) is 0 Å². The summed E-state index contributed by atoms with van der Waals surface area (Å²) >= 11 is 1.23. The monoisotopic (exact) mass is 264 g/mol. The van der Waals surface area contributed by atoms with Gasteiger partial charge in [-0.05, 0) is 6.07 Å². The molecule has 96 valence electrons. The van der Waals surface area contributed by atoms with Crippen molar-refractivity contribution < 1.29 is 9.84 Å². The Morgan fingerprint density at radius 2 is 2.00 bits per heavy atom. The van der Waals surface area contributed by atoms with Crippen molar-refractivity contribution in [1.82, 2.24) is 9.36 Å². The Balaban J connectivity index is 2.22. The van der Waals surface area contributed by atoms with E-state index in [0.717, 1.165) is 11.4 Å². The first-order valence-electron chi connectivity index (χ1n) is 5.71. The Bertz CT molecular complexity index is 532. The minimum absolute atomic E-state index is 0.0545. The Hall–Kier alpha value is -1.46. The molecule has 0 saturated carbocycles. The van der Waals surface area contributed by atoms with Crippen molar-refractivity contribution in [2.75, 3.05) is 0 Å². The molecule has 0 radical (unpaired) electrons. The number of hydrogen-bond donors (Lipinski definition) is 1. The highest BCUT2D eigenvalue weighted by Gasteiger charge is 2.20. The molecule has 2 aromatic rings. The maximum Gasteiger partial charge on any atom is 0.298 e. The average Bonchev–Trinajstić information content (AvgIpc) is 2.78. The van der Waals surface area contributed by atoms with Crippen molar-refractivity contribution in [1.29, 1.82) is 0 Å². The van der Waals surface area contributed by atoms with Gasteiger partial charge in [0.1, 0.15) is 5.75 Å². The average molecular weight is 264 g/mol. The molecular formula is C13H16N2O2S. The van der Waals surface area contributed by atoms with Crippen LogP contribution in [0.25, 0.3) is 0 Å². The number of aliphatic hydroxyl groups is 1. The SMILES string of the molecule is CC(C)(C)c1nsc(Oc2ccccc2CO)n1. The molecule has 0 atom stereocenters. The molecular weight excluding hydrogens is 248 g/mol. The van der Waals surface area contributed by atoms with Crippen LogP contribution in [0, 0.1) is 0 Å². The van der Waals surface area contributed by atoms with Gasteiger partial charge in [-0.3, -0.25) is 0 Å². The van der Waals surface area contributed by atoms with Gasteiger partial charge in [-0.15, -0.1) is 0 Å². The number of hydrogen-bond acceptors (Lipinski definition) is 5. The van der Waals surface area contributed by atoms with Crippen LogP contribution in [0.5, 0.6) is 10.9 Å². The van der Waals surface area contributed by atoms with E-state index in [1.165, 1.54) is 11.5 Å². The molecule has 1 aromatic carbocycles. The zero-order valence-corrected chi connectivity index (χ0v) is 11.5. The largest absolute Gasteiger partial charge is 0.429 e. The Labute approximate surface area is 110 Å². The molecule has 1 N–H and O–H groups in total. The second-order valence-electron chi connectivity index (χ2n) is 5.00. The summed E-state index contributed by atoms with van der Waals surface area (Å²) in [6, 6.07) is 7.35. The van der Waals surface area contributed by atoms with E-state index in [2.05, 4.69) is 30.1 Å². The van der Waals surface area contributed by atoms with Crippen molar-refractivity contribution in [3.8, 4) is 10.9 Å². The van der Waals surface area contributed by atoms with E-state index in [4.69, 9.17) is 4.74 Å². The maximum absolute atomic E-state index is 9.22. The topological polar surface area (TPSA) is 55.2 Å². The van der Waals surface area contributed by atoms with Gasteiger partial charge < -0.3 is 9.84 Å². The number of nitrogens with zero attached hydrogens (tertiary/aromatic N) is 2. The highest BCUT2D eigenvalue weighted by atomic mass is 32.1. The van der Waals surface area contributed by atoms with Crippen molar-refractivity contribution in [3.05, 3.63) is 35.7 Å². The lowest BCUT2D eigenvalue weighted by atomic mass is 9.96. The lowest BCUT2D eigenvalue weighted by molar-refractivity contribution is 0.276. The summed E-state index contributed by atoms with van der Waals surface area (Å²) < 4.78 is 9.94. The number of para-hydroxylation sites is 1. The number of aliphatic hydroxyl groups excluding tert-OH is 1. The molecule has 0 aliphatic rings. The zero-order chi connectivity index (χ0) is 13.2. The van der Waals surface area contributed by atoms with E-state index in [-0.39, 0.29) is 12.0 Å². The molecule has 0 aliphatic heterocycles. The summed E-state index contributed by atoms with van der Waals surface area (Å²) in [5.41, 5.74) is 0.652. The van der Waals surface area contributed by atoms with E-state index in [9.17, 15) is 5.11 Å². The third-order valence-corrected chi connectivity index (χ3v) is 3.01. The van der Waals surface area contributed by atoms with Crippen LogP contribution >= 0.6 is 11.5 Å². The van der Waals surface area contributed by atoms with Crippen LogP contribution in [0.2, 0.25) is 0 Å². The third kappa shape index (κ3) is 2.86. The molecule has 5 heteroatoms. The Morgan fingerprint density at radius 3 is 2.61 bits per heavy atom. The van der Waals surface area contributed by atoms with E-state index >= 15 is 0 Å². The third-order valence-electron chi connectivity index (χ3n) is 2.42. The summed E-state index contributed by atoms with van der Waals surface area (Å²) in [7, 11) is 0. The molecule has 1 heterocycles. The predicted molar refractivity (Wildman–Crippen MR) is 71.0 cm³/mol. The molecule has 0 fully saturated rings. The fourth-order valence-electron chi connectivity index (χ4n) is 1.38. The summed E-state index contributed by atoms with van der Waals surface area (Å²) in [5.74, 6) is 1.39. The molecule has 4 nitrogen and oxygen atoms in total. The molecule has 0 amide bonds. The van der Waals surface area contributed by atoms with Gasteiger partial charge in [-0.2, -0.15) is 9.36 Å². The lowest BCUT2D eigenvalue weighted by Crippen LogP contribution is -2.12. The number of ether oxygens (including phenoxy) is 1. The molecule has 1 aromatic heterocycles. The van der Waals surface area contributed by atoms with Crippen LogP contribution in [0.4, 0.5) is 0 Å². The normalized spacial score (nSPS) is 11.6. The summed E-state index contributed by atoms with van der Waals surface area (Å²) in [6.07, 6.45) is 0. The Morgan fingerprint density at radius 1 is 1.28 bits per heavy atom. The van der Waals surface area contributed by atoms with Gasteiger partial charge in [0.25, 0.3) is 5.19 Å². The first-order valence-corrected chi connectivity index (χ1v) is 6.49. The van der Waals surface area contributed by atoms with Gasteiger partial charge in [-0.25, -0.2) is 0 Å². The first-order chi connectivity index (χ1) is 8.50. The van der Waals surface area contributed by atoms with Crippen molar-refractivity contribution in [2.24, 2.45) is 0 Å². The van der Waals surface area contributed by atoms with Gasteiger partial charge in [-0.1, -0.05) is 39.0 Å². The van der Waals surface area contributed by atoms with E-state index in [1.807, 2.05) is 24.3 Å². The van der Waals surface area contributed by atoms with E-state index in [0.29, 0.717) is 10.9 Å². The highest BCUT2D eigenvalue weighted by molar-refractivity contribution is 7.07. The molecule has 2 rings (SSSR count). The lowest BCUT2D eigenvalue weighted by Gasteiger charge is -2.12. The van der Waals surface area contributed by atoms with Gasteiger partial charge >= 0.3 is 0 Å². The maximum atomic E-state index is 9.22. The number of aromatic nitrogens is 2. The highest BCUT2D eigenvalue weighted by Crippen LogP contribution is 2.29. The van der Waals surface area contributed by atoms with Crippen molar-refractivity contribution in [2.45, 2.75) is 32.8 Å². The van der Waals surface area contributed by atoms with Gasteiger partial charge in [0.15, 0.2) is 5.82 Å². The molecule has 0 unspecified atom stereocenters. The van der Waals surface area contributed by atoms with Crippen molar-refractivity contribution >= 4 is 11.5 Å². The first kappa shape index (κ1) is 13.0. The molecule has 18 heavy (non-hydrogen) atoms. The number of rotatable bonds is 3. The smallest absolute Gasteiger partial charge is 0.298 e. The van der Waals surface area contributed by atoms with Gasteiger partial charge in [0.05, 0.1) is 6.61 Å². The van der Waals surface area contributed by atoms with Crippen LogP contribution in [-0.4, -0.2) is 14.5 Å². The predicted octanol–water partition coefficient (Wildman–Crippen LogP) is 3.12. The minimum atomic E-state index is -0.0887. The second kappa shape index (κ2) is 5.04. The van der Waals surface area contributed by atoms with Gasteiger partial charge in [0, 0.05) is 22.5 Å². The zero-order valence-electron chi connectivity index (χ0n) is 10.7. The minimum Gasteiger partial charge on any atom is -0.429 e. The molecule has 0 spiro atoms. The van der Waals surface area contributed by atoms with Crippen LogP contribution in [0.15, 0.2) is 24.3 Å². The molecule has 0 bridgehead atoms. The second-order valence-corrected chi connectivity index (χ2v) is 5.72. The fraction of sp³-hybridized carbons (Fsp3) is 0.385. The summed E-state index contributed by atoms with van der Waals surface area (Å²) in [5, 5.41) is 9.72. The van der Waals surface area contributed by atoms with Crippen LogP contribution in [0.1, 0.15) is 32.2 Å². The van der Waals surface area contributed by atoms with E-state index in [1.54, 1.807) is 0 Å². The number of benzene rings is 1. The standard InChI is InChI=1S/C13H16N2O2S/c1-13(2,3)11-14-12(18-15-11)17-10-7-5-4-6-9(10)8-16/h4-7,16H,8H2,1-3H3. The van der Waals surface area contributed by atoms with Crippen molar-refractivity contribution in [3.63, 3.8) is 0 Å². The molecule has 0 aliphatic carbocycles. The van der Waals surface area contributed by atoms with Crippen LogP contribution in [-0.2, 0) is 12.0 Å². The fourth-order valence-corrected chi connectivity index (χ4v) is 2.12. The van der Waals surface area contributed by atoms with E-state index < -0.39 is 0 Å². The van der Waals surface area contributed by atoms with Crippen LogP contribution < -0.4 is 4.74 Å².